The molecule has 5 rings (SSSR count). The SMILES string of the molecule is COc1ccc([C@@H]2C(C#N)=C(SCC(=O)N3c4ccccc4C[C@@H]3C)NC3=C2C(=O)CC(C)(C)C3)cc1. The number of Topliss-reactive ketones (excluding diaryl/α,β-unsaturated/α-hetero) is 1. The number of nitrogens with one attached hydrogen (secondary N) is 1. The van der Waals surface area contributed by atoms with Crippen molar-refractivity contribution < 1.29 is 14.3 Å². The van der Waals surface area contributed by atoms with E-state index in [2.05, 4.69) is 38.2 Å². The fourth-order valence-corrected chi connectivity index (χ4v) is 6.69. The molecular weight excluding hydrogens is 482 g/mol. The minimum absolute atomic E-state index is 0.00913. The summed E-state index contributed by atoms with van der Waals surface area (Å²) in [6.07, 6.45) is 1.98. The Balaban J connectivity index is 1.48. The molecule has 3 aliphatic rings. The molecule has 1 N–H and O–H groups in total. The highest BCUT2D eigenvalue weighted by Gasteiger charge is 2.42. The average molecular weight is 514 g/mol. The largest absolute Gasteiger partial charge is 0.497 e. The van der Waals surface area contributed by atoms with E-state index in [0.29, 0.717) is 34.8 Å². The van der Waals surface area contributed by atoms with Crippen molar-refractivity contribution in [1.82, 2.24) is 5.32 Å². The van der Waals surface area contributed by atoms with Gasteiger partial charge in [0.25, 0.3) is 0 Å². The van der Waals surface area contributed by atoms with Crippen molar-refractivity contribution in [3.8, 4) is 11.8 Å². The highest BCUT2D eigenvalue weighted by molar-refractivity contribution is 8.03. The van der Waals surface area contributed by atoms with E-state index in [1.807, 2.05) is 47.4 Å². The van der Waals surface area contributed by atoms with Crippen molar-refractivity contribution in [2.24, 2.45) is 5.41 Å². The number of para-hydroxylation sites is 1. The van der Waals surface area contributed by atoms with Gasteiger partial charge in [0.05, 0.1) is 35.5 Å². The first kappa shape index (κ1) is 25.2. The molecule has 0 saturated heterocycles. The molecule has 2 atom stereocenters. The number of hydrogen-bond donors (Lipinski definition) is 1. The van der Waals surface area contributed by atoms with Crippen LogP contribution >= 0.6 is 11.8 Å². The lowest BCUT2D eigenvalue weighted by molar-refractivity contribution is -0.118. The molecule has 0 spiro atoms. The number of anilines is 1. The molecule has 1 aliphatic carbocycles. The van der Waals surface area contributed by atoms with Gasteiger partial charge in [-0.25, -0.2) is 0 Å². The van der Waals surface area contributed by atoms with Crippen LogP contribution in [-0.4, -0.2) is 30.6 Å². The number of fused-ring (bicyclic) bond motifs is 1. The summed E-state index contributed by atoms with van der Waals surface area (Å²) >= 11 is 1.35. The fourth-order valence-electron chi connectivity index (χ4n) is 5.77. The van der Waals surface area contributed by atoms with Gasteiger partial charge in [0.15, 0.2) is 5.78 Å². The molecule has 0 aromatic heterocycles. The summed E-state index contributed by atoms with van der Waals surface area (Å²) in [4.78, 5) is 28.7. The summed E-state index contributed by atoms with van der Waals surface area (Å²) < 4.78 is 5.32. The number of carbonyl (C=O) groups excluding carboxylic acids is 2. The third kappa shape index (κ3) is 4.67. The zero-order chi connectivity index (χ0) is 26.3. The molecule has 0 radical (unpaired) electrons. The van der Waals surface area contributed by atoms with Crippen molar-refractivity contribution in [2.75, 3.05) is 17.8 Å². The molecule has 0 unspecified atom stereocenters. The van der Waals surface area contributed by atoms with Gasteiger partial charge in [0.1, 0.15) is 5.75 Å². The second-order valence-corrected chi connectivity index (χ2v) is 11.7. The van der Waals surface area contributed by atoms with Gasteiger partial charge in [-0.2, -0.15) is 5.26 Å². The molecule has 2 aliphatic heterocycles. The standard InChI is InChI=1S/C30H31N3O3S/c1-18-13-20-7-5-6-8-24(20)33(18)26(35)17-37-29-22(16-31)27(19-9-11-21(36-4)12-10-19)28-23(32-29)14-30(2,3)15-25(28)34/h5-12,18,27,32H,13-15,17H2,1-4H3/t18-,27+/m0/s1. The van der Waals surface area contributed by atoms with Gasteiger partial charge in [-0.1, -0.05) is 55.9 Å². The monoisotopic (exact) mass is 513 g/mol. The Morgan fingerprint density at radius 2 is 1.92 bits per heavy atom. The molecule has 7 heteroatoms. The normalized spacial score (nSPS) is 22.2. The van der Waals surface area contributed by atoms with Gasteiger partial charge in [-0.05, 0) is 54.5 Å². The second kappa shape index (κ2) is 9.75. The van der Waals surface area contributed by atoms with Crippen molar-refractivity contribution in [3.05, 3.63) is 81.5 Å². The zero-order valence-electron chi connectivity index (χ0n) is 21.6. The molecule has 2 heterocycles. The van der Waals surface area contributed by atoms with E-state index in [9.17, 15) is 14.9 Å². The van der Waals surface area contributed by atoms with Crippen LogP contribution in [0.15, 0.2) is 70.4 Å². The number of thioether (sulfide) groups is 1. The first-order valence-electron chi connectivity index (χ1n) is 12.6. The Hall–Kier alpha value is -3.50. The van der Waals surface area contributed by atoms with Gasteiger partial charge in [-0.3, -0.25) is 9.59 Å². The molecule has 1 amide bonds. The van der Waals surface area contributed by atoms with E-state index in [0.717, 1.165) is 23.4 Å². The maximum atomic E-state index is 13.4. The molecule has 37 heavy (non-hydrogen) atoms. The number of ketones is 1. The molecular formula is C30H31N3O3S. The number of rotatable bonds is 5. The first-order valence-corrected chi connectivity index (χ1v) is 13.5. The molecule has 0 bridgehead atoms. The Bertz CT molecular complexity index is 1370. The summed E-state index contributed by atoms with van der Waals surface area (Å²) in [6.45, 7) is 6.24. The van der Waals surface area contributed by atoms with Gasteiger partial charge < -0.3 is 15.0 Å². The van der Waals surface area contributed by atoms with Crippen LogP contribution < -0.4 is 15.0 Å². The number of allylic oxidation sites excluding steroid dienone is 3. The zero-order valence-corrected chi connectivity index (χ0v) is 22.4. The summed E-state index contributed by atoms with van der Waals surface area (Å²) in [5, 5.41) is 14.4. The number of nitriles is 1. The van der Waals surface area contributed by atoms with Crippen LogP contribution in [0.1, 0.15) is 50.7 Å². The Morgan fingerprint density at radius 3 is 2.62 bits per heavy atom. The quantitative estimate of drug-likeness (QED) is 0.571. The van der Waals surface area contributed by atoms with Crippen LogP contribution in [0.3, 0.4) is 0 Å². The van der Waals surface area contributed by atoms with E-state index < -0.39 is 5.92 Å². The molecule has 190 valence electrons. The molecule has 0 fully saturated rings. The second-order valence-electron chi connectivity index (χ2n) is 10.8. The van der Waals surface area contributed by atoms with E-state index in [1.54, 1.807) is 7.11 Å². The van der Waals surface area contributed by atoms with Crippen LogP contribution in [0.4, 0.5) is 5.69 Å². The highest BCUT2D eigenvalue weighted by Crippen LogP contribution is 2.48. The van der Waals surface area contributed by atoms with Crippen molar-refractivity contribution in [2.45, 2.75) is 52.0 Å². The smallest absolute Gasteiger partial charge is 0.237 e. The van der Waals surface area contributed by atoms with Crippen molar-refractivity contribution in [1.29, 1.82) is 5.26 Å². The van der Waals surface area contributed by atoms with E-state index in [1.165, 1.54) is 17.3 Å². The molecule has 2 aromatic rings. The number of amides is 1. The van der Waals surface area contributed by atoms with Gasteiger partial charge in [0.2, 0.25) is 5.91 Å². The lowest BCUT2D eigenvalue weighted by Gasteiger charge is -2.39. The third-order valence-corrected chi connectivity index (χ3v) is 8.39. The highest BCUT2D eigenvalue weighted by atomic mass is 32.2. The maximum Gasteiger partial charge on any atom is 0.237 e. The van der Waals surface area contributed by atoms with Gasteiger partial charge in [-0.15, -0.1) is 0 Å². The van der Waals surface area contributed by atoms with Crippen LogP contribution in [0.2, 0.25) is 0 Å². The lowest BCUT2D eigenvalue weighted by atomic mass is 9.69. The summed E-state index contributed by atoms with van der Waals surface area (Å²) in [7, 11) is 1.61. The lowest BCUT2D eigenvalue weighted by Crippen LogP contribution is -2.38. The number of nitrogens with zero attached hydrogens (tertiary/aromatic N) is 2. The predicted octanol–water partition coefficient (Wildman–Crippen LogP) is 5.47. The Morgan fingerprint density at radius 1 is 1.19 bits per heavy atom. The molecule has 2 aromatic carbocycles. The molecule has 6 nitrogen and oxygen atoms in total. The van der Waals surface area contributed by atoms with Crippen LogP contribution in [0, 0.1) is 16.7 Å². The van der Waals surface area contributed by atoms with Gasteiger partial charge >= 0.3 is 0 Å². The van der Waals surface area contributed by atoms with E-state index in [4.69, 9.17) is 4.74 Å². The summed E-state index contributed by atoms with van der Waals surface area (Å²) in [6, 6.07) is 18.0. The topological polar surface area (TPSA) is 82.4 Å². The summed E-state index contributed by atoms with van der Waals surface area (Å²) in [5.74, 6) is 0.511. The number of dihydropyridines is 1. The van der Waals surface area contributed by atoms with E-state index in [-0.39, 0.29) is 28.9 Å². The number of hydrogen-bond acceptors (Lipinski definition) is 6. The number of ether oxygens (including phenoxy) is 1. The van der Waals surface area contributed by atoms with Gasteiger partial charge in [0, 0.05) is 29.4 Å². The fraction of sp³-hybridized carbons (Fsp3) is 0.367. The van der Waals surface area contributed by atoms with Crippen molar-refractivity contribution in [3.63, 3.8) is 0 Å². The number of benzene rings is 2. The number of methoxy groups -OCH3 is 1. The predicted molar refractivity (Wildman–Crippen MR) is 146 cm³/mol. The van der Waals surface area contributed by atoms with E-state index >= 15 is 0 Å². The third-order valence-electron chi connectivity index (χ3n) is 7.39. The van der Waals surface area contributed by atoms with Crippen LogP contribution in [-0.2, 0) is 16.0 Å². The van der Waals surface area contributed by atoms with Crippen LogP contribution in [0.5, 0.6) is 5.75 Å². The summed E-state index contributed by atoms with van der Waals surface area (Å²) in [5.41, 5.74) is 4.83. The molecule has 0 saturated carbocycles. The number of carbonyl (C=O) groups is 2. The Kier molecular flexibility index (Phi) is 6.63. The van der Waals surface area contributed by atoms with Crippen LogP contribution in [0.25, 0.3) is 0 Å². The minimum atomic E-state index is -0.472. The minimum Gasteiger partial charge on any atom is -0.497 e. The first-order chi connectivity index (χ1) is 17.7. The maximum absolute atomic E-state index is 13.4. The van der Waals surface area contributed by atoms with Crippen molar-refractivity contribution >= 4 is 29.1 Å². The average Bonchev–Trinajstić information content (AvgIpc) is 3.21. The Labute approximate surface area is 222 Å².